The van der Waals surface area contributed by atoms with E-state index in [0.29, 0.717) is 0 Å². The van der Waals surface area contributed by atoms with Gasteiger partial charge in [-0.25, -0.2) is 0 Å². The van der Waals surface area contributed by atoms with Gasteiger partial charge in [0.05, 0.1) is 11.3 Å². The summed E-state index contributed by atoms with van der Waals surface area (Å²) in [6, 6.07) is 36.3. The molecule has 6 heteroatoms. The zero-order valence-corrected chi connectivity index (χ0v) is 32.2. The average molecular weight is 830 g/mol. The monoisotopic (exact) mass is 830 g/mol. The van der Waals surface area contributed by atoms with Crippen LogP contribution in [0.4, 0.5) is 0 Å². The van der Waals surface area contributed by atoms with Crippen molar-refractivity contribution in [3.63, 3.8) is 0 Å². The van der Waals surface area contributed by atoms with Gasteiger partial charge in [-0.05, 0) is 71.9 Å². The van der Waals surface area contributed by atoms with Crippen molar-refractivity contribution in [1.82, 2.24) is 9.55 Å². The third-order valence-electron chi connectivity index (χ3n) is 10.2. The van der Waals surface area contributed by atoms with Crippen molar-refractivity contribution in [1.29, 1.82) is 0 Å². The zero-order chi connectivity index (χ0) is 33.3. The van der Waals surface area contributed by atoms with Crippen LogP contribution in [0.3, 0.4) is 0 Å². The predicted octanol–water partition coefficient (Wildman–Crippen LogP) is 9.80. The fourth-order valence-electron chi connectivity index (χ4n) is 7.32. The predicted molar refractivity (Wildman–Crippen MR) is 201 cm³/mol. The van der Waals surface area contributed by atoms with E-state index < -0.39 is 8.07 Å². The van der Waals surface area contributed by atoms with E-state index in [9.17, 15) is 9.90 Å². The number of aliphatic hydroxyl groups excluding tert-OH is 1. The summed E-state index contributed by atoms with van der Waals surface area (Å²) < 4.78 is 2.40. The van der Waals surface area contributed by atoms with Crippen molar-refractivity contribution in [3.05, 3.63) is 109 Å². The second kappa shape index (κ2) is 14.7. The van der Waals surface area contributed by atoms with Crippen molar-refractivity contribution >= 4 is 56.9 Å². The SMILES string of the molecule is CCC(CC)C(=O)/C=C(\O)C(CC)CC.C[Si]1(C)c2cc3ccccc3nc2-c2[c-]ccc3c2c2c1cccc2n3-c1ccccc1.[Ir]. The molecule has 0 saturated carbocycles. The number of nitrogens with zero attached hydrogens (tertiary/aromatic N) is 2. The molecule has 4 aromatic carbocycles. The molecule has 4 nitrogen and oxygen atoms in total. The average Bonchev–Trinajstić information content (AvgIpc) is 3.40. The van der Waals surface area contributed by atoms with Crippen molar-refractivity contribution in [2.75, 3.05) is 0 Å². The molecule has 249 valence electrons. The molecule has 0 unspecified atom stereocenters. The van der Waals surface area contributed by atoms with Crippen LogP contribution in [0.2, 0.25) is 13.1 Å². The Labute approximate surface area is 299 Å². The zero-order valence-electron chi connectivity index (χ0n) is 28.8. The van der Waals surface area contributed by atoms with E-state index in [1.807, 2.05) is 27.7 Å². The molecule has 48 heavy (non-hydrogen) atoms. The molecular formula is C42H45IrN2O2Si-. The molecule has 1 aliphatic rings. The van der Waals surface area contributed by atoms with Gasteiger partial charge >= 0.3 is 0 Å². The van der Waals surface area contributed by atoms with Gasteiger partial charge in [0.25, 0.3) is 0 Å². The van der Waals surface area contributed by atoms with Crippen LogP contribution in [0.15, 0.2) is 103 Å². The van der Waals surface area contributed by atoms with Crippen LogP contribution in [0.25, 0.3) is 49.7 Å². The van der Waals surface area contributed by atoms with Crippen molar-refractivity contribution in [2.24, 2.45) is 11.8 Å². The number of hydrogen-bond acceptors (Lipinski definition) is 3. The number of carbonyl (C=O) groups is 1. The van der Waals surface area contributed by atoms with Crippen molar-refractivity contribution < 1.29 is 30.0 Å². The van der Waals surface area contributed by atoms with Gasteiger partial charge in [0.1, 0.15) is 8.07 Å². The number of aliphatic hydroxyl groups is 1. The molecule has 0 saturated heterocycles. The number of carbonyl (C=O) groups excluding carboxylic acids is 1. The van der Waals surface area contributed by atoms with Gasteiger partial charge in [-0.2, -0.15) is 0 Å². The molecule has 1 N–H and O–H groups in total. The third kappa shape index (κ3) is 6.22. The largest absolute Gasteiger partial charge is 0.512 e. The molecule has 1 aliphatic heterocycles. The maximum Gasteiger partial charge on any atom is 0.162 e. The van der Waals surface area contributed by atoms with Crippen LogP contribution >= 0.6 is 0 Å². The first-order valence-electron chi connectivity index (χ1n) is 17.1. The number of fused-ring (bicyclic) bond motifs is 3. The van der Waals surface area contributed by atoms with E-state index in [2.05, 4.69) is 115 Å². The Morgan fingerprint density at radius 1 is 0.812 bits per heavy atom. The standard InChI is InChI=1S/C29H21N2Si.C13H24O2.Ir/c1-32(2)25-17-9-16-24-28(25)27-21(29-26(32)18-19-10-6-7-14-22(19)30-29)13-8-15-23(27)31(24)20-11-4-3-5-12-20;1-5-10(6-2)12(14)9-13(15)11(7-3)8-4;/h3-12,14-18H,1-2H3;9-11,14H,5-8H2,1-4H3;/q-1;;/b;12-9-;. The van der Waals surface area contributed by atoms with Crippen LogP contribution in [0, 0.1) is 17.9 Å². The molecular weight excluding hydrogens is 785 g/mol. The molecule has 0 bridgehead atoms. The Bertz CT molecular complexity index is 2110. The van der Waals surface area contributed by atoms with Crippen molar-refractivity contribution in [3.8, 4) is 16.9 Å². The molecule has 7 rings (SSSR count). The summed E-state index contributed by atoms with van der Waals surface area (Å²) in [5.74, 6) is 0.547. The molecule has 3 heterocycles. The van der Waals surface area contributed by atoms with E-state index in [4.69, 9.17) is 4.98 Å². The number of rotatable bonds is 8. The van der Waals surface area contributed by atoms with E-state index >= 15 is 0 Å². The van der Waals surface area contributed by atoms with E-state index in [0.717, 1.165) is 42.5 Å². The Balaban J connectivity index is 0.000000243. The Morgan fingerprint density at radius 2 is 1.46 bits per heavy atom. The Kier molecular flexibility index (Phi) is 10.9. The van der Waals surface area contributed by atoms with E-state index in [1.54, 1.807) is 0 Å². The quantitative estimate of drug-likeness (QED) is 0.0720. The van der Waals surface area contributed by atoms with Gasteiger partial charge in [-0.1, -0.05) is 111 Å². The molecule has 0 amide bonds. The topological polar surface area (TPSA) is 55.1 Å². The molecule has 1 radical (unpaired) electrons. The summed E-state index contributed by atoms with van der Waals surface area (Å²) in [6.45, 7) is 13.0. The van der Waals surface area contributed by atoms with Gasteiger partial charge in [-0.3, -0.25) is 9.78 Å². The molecule has 0 spiro atoms. The number of benzene rings is 4. The Hall–Kier alpha value is -3.83. The maximum atomic E-state index is 11.7. The second-order valence-corrected chi connectivity index (χ2v) is 17.5. The van der Waals surface area contributed by atoms with Gasteiger partial charge in [0.2, 0.25) is 0 Å². The molecule has 2 aromatic heterocycles. The number of allylic oxidation sites excluding steroid dienone is 2. The smallest absolute Gasteiger partial charge is 0.162 e. The van der Waals surface area contributed by atoms with Gasteiger partial charge < -0.3 is 9.67 Å². The summed E-state index contributed by atoms with van der Waals surface area (Å²) in [4.78, 5) is 17.0. The normalized spacial score (nSPS) is 13.4. The van der Waals surface area contributed by atoms with Crippen LogP contribution in [-0.2, 0) is 24.9 Å². The third-order valence-corrected chi connectivity index (χ3v) is 13.6. The fourth-order valence-corrected chi connectivity index (χ4v) is 10.3. The Morgan fingerprint density at radius 3 is 2.15 bits per heavy atom. The van der Waals surface area contributed by atoms with Gasteiger partial charge in [0, 0.05) is 49.2 Å². The van der Waals surface area contributed by atoms with Crippen LogP contribution in [0.1, 0.15) is 53.4 Å². The maximum absolute atomic E-state index is 11.7. The summed E-state index contributed by atoms with van der Waals surface area (Å²) in [6.07, 6.45) is 4.91. The van der Waals surface area contributed by atoms with E-state index in [-0.39, 0.29) is 43.5 Å². The first-order valence-corrected chi connectivity index (χ1v) is 20.1. The molecule has 6 aromatic rings. The summed E-state index contributed by atoms with van der Waals surface area (Å²) >= 11 is 0. The van der Waals surface area contributed by atoms with Crippen LogP contribution in [0.5, 0.6) is 0 Å². The van der Waals surface area contributed by atoms with Crippen LogP contribution in [-0.4, -0.2) is 28.5 Å². The number of pyridine rings is 1. The first kappa shape index (κ1) is 35.5. The number of para-hydroxylation sites is 2. The van der Waals surface area contributed by atoms with Crippen LogP contribution < -0.4 is 10.4 Å². The summed E-state index contributed by atoms with van der Waals surface area (Å²) in [5.41, 5.74) is 6.96. The number of hydrogen-bond donors (Lipinski definition) is 1. The second-order valence-electron chi connectivity index (χ2n) is 13.2. The molecule has 0 fully saturated rings. The minimum Gasteiger partial charge on any atom is -0.512 e. The summed E-state index contributed by atoms with van der Waals surface area (Å²) in [7, 11) is -2.03. The summed E-state index contributed by atoms with van der Waals surface area (Å²) in [5, 5.41) is 16.5. The number of aromatic nitrogens is 2. The molecule has 0 atom stereocenters. The fraction of sp³-hybridized carbons (Fsp3) is 0.286. The van der Waals surface area contributed by atoms with E-state index in [1.165, 1.54) is 49.3 Å². The first-order chi connectivity index (χ1) is 22.7. The molecule has 0 aliphatic carbocycles. The number of ketones is 1. The minimum atomic E-state index is -2.03. The van der Waals surface area contributed by atoms with Gasteiger partial charge in [-0.15, -0.1) is 23.8 Å². The van der Waals surface area contributed by atoms with Gasteiger partial charge in [0.15, 0.2) is 5.78 Å². The van der Waals surface area contributed by atoms with Crippen molar-refractivity contribution in [2.45, 2.75) is 66.5 Å². The minimum absolute atomic E-state index is 0.